The third-order valence-electron chi connectivity index (χ3n) is 3.75. The molecule has 0 saturated heterocycles. The number of aliphatic imine (C=N–C) groups is 1. The van der Waals surface area contributed by atoms with E-state index in [1.807, 2.05) is 0 Å². The van der Waals surface area contributed by atoms with Crippen molar-refractivity contribution in [3.8, 4) is 5.69 Å². The third kappa shape index (κ3) is 3.36. The average Bonchev–Trinajstić information content (AvgIpc) is 2.90. The maximum Gasteiger partial charge on any atom is 0.433 e. The van der Waals surface area contributed by atoms with E-state index in [9.17, 15) is 26.3 Å². The monoisotopic (exact) mass is 406 g/mol. The SMILES string of the molecule is C=Nc1c2c(C(F)(F)F)cc(C(F)(F)F)nc2nn1-c1ccc(Cl)cc1C. The van der Waals surface area contributed by atoms with Crippen molar-refractivity contribution < 1.29 is 26.3 Å². The van der Waals surface area contributed by atoms with Crippen LogP contribution in [-0.4, -0.2) is 21.5 Å². The van der Waals surface area contributed by atoms with Gasteiger partial charge in [-0.1, -0.05) is 11.6 Å². The lowest BCUT2D eigenvalue weighted by atomic mass is 10.1. The Bertz CT molecular complexity index is 1050. The number of pyridine rings is 1. The summed E-state index contributed by atoms with van der Waals surface area (Å²) in [4.78, 5) is 6.81. The number of hydrogen-bond acceptors (Lipinski definition) is 3. The van der Waals surface area contributed by atoms with E-state index in [-0.39, 0.29) is 17.6 Å². The molecule has 3 rings (SSSR count). The summed E-state index contributed by atoms with van der Waals surface area (Å²) >= 11 is 5.86. The molecule has 0 bridgehead atoms. The largest absolute Gasteiger partial charge is 0.433 e. The van der Waals surface area contributed by atoms with Crippen LogP contribution in [0, 0.1) is 6.92 Å². The molecule has 0 saturated carbocycles. The standard InChI is InChI=1S/C16H9ClF6N4/c1-7-5-8(17)3-4-10(7)27-14(24-2)12-9(15(18,19)20)6-11(16(21,22)23)25-13(12)26-27/h3-6H,2H2,1H3. The highest BCUT2D eigenvalue weighted by molar-refractivity contribution is 6.30. The summed E-state index contributed by atoms with van der Waals surface area (Å²) in [6.45, 7) is 4.84. The van der Waals surface area contributed by atoms with E-state index in [4.69, 9.17) is 11.6 Å². The Morgan fingerprint density at radius 2 is 1.74 bits per heavy atom. The van der Waals surface area contributed by atoms with Crippen LogP contribution in [0.4, 0.5) is 32.2 Å². The Labute approximate surface area is 153 Å². The summed E-state index contributed by atoms with van der Waals surface area (Å²) < 4.78 is 80.2. The molecule has 4 nitrogen and oxygen atoms in total. The van der Waals surface area contributed by atoms with Gasteiger partial charge < -0.3 is 0 Å². The van der Waals surface area contributed by atoms with E-state index in [1.54, 1.807) is 6.92 Å². The summed E-state index contributed by atoms with van der Waals surface area (Å²) in [6.07, 6.45) is -10.2. The highest BCUT2D eigenvalue weighted by atomic mass is 35.5. The fourth-order valence-corrected chi connectivity index (χ4v) is 2.84. The number of hydrogen-bond donors (Lipinski definition) is 0. The van der Waals surface area contributed by atoms with Gasteiger partial charge in [0.05, 0.1) is 16.6 Å². The molecule has 1 aromatic carbocycles. The normalized spacial score (nSPS) is 12.6. The van der Waals surface area contributed by atoms with E-state index < -0.39 is 34.6 Å². The lowest BCUT2D eigenvalue weighted by Crippen LogP contribution is -2.13. The molecule has 0 amide bonds. The van der Waals surface area contributed by atoms with Crippen LogP contribution < -0.4 is 0 Å². The highest BCUT2D eigenvalue weighted by Crippen LogP contribution is 2.42. The van der Waals surface area contributed by atoms with Gasteiger partial charge in [0.1, 0.15) is 5.69 Å². The van der Waals surface area contributed by atoms with Gasteiger partial charge in [-0.2, -0.15) is 26.3 Å². The zero-order valence-electron chi connectivity index (χ0n) is 13.5. The van der Waals surface area contributed by atoms with Crippen LogP contribution in [-0.2, 0) is 12.4 Å². The molecular formula is C16H9ClF6N4. The molecule has 11 heteroatoms. The Morgan fingerprint density at radius 1 is 1.07 bits per heavy atom. The molecule has 27 heavy (non-hydrogen) atoms. The Balaban J connectivity index is 2.44. The van der Waals surface area contributed by atoms with Crippen LogP contribution in [0.1, 0.15) is 16.8 Å². The summed E-state index contributed by atoms with van der Waals surface area (Å²) in [5, 5.41) is 3.52. The predicted octanol–water partition coefficient (Wildman–Crippen LogP) is 5.75. The Morgan fingerprint density at radius 3 is 2.26 bits per heavy atom. The van der Waals surface area contributed by atoms with Crippen molar-refractivity contribution in [1.82, 2.24) is 14.8 Å². The number of fused-ring (bicyclic) bond motifs is 1. The molecule has 2 aromatic heterocycles. The van der Waals surface area contributed by atoms with Crippen molar-refractivity contribution in [2.24, 2.45) is 4.99 Å². The number of halogens is 7. The summed E-state index contributed by atoms with van der Waals surface area (Å²) in [7, 11) is 0. The minimum absolute atomic E-state index is 0.0578. The van der Waals surface area contributed by atoms with Crippen LogP contribution in [0.5, 0.6) is 0 Å². The van der Waals surface area contributed by atoms with Crippen molar-refractivity contribution in [1.29, 1.82) is 0 Å². The van der Waals surface area contributed by atoms with Gasteiger partial charge in [-0.3, -0.25) is 0 Å². The second kappa shape index (κ2) is 6.22. The number of aromatic nitrogens is 3. The van der Waals surface area contributed by atoms with Gasteiger partial charge in [-0.05, 0) is 43.5 Å². The van der Waals surface area contributed by atoms with Crippen molar-refractivity contribution in [3.63, 3.8) is 0 Å². The van der Waals surface area contributed by atoms with E-state index >= 15 is 0 Å². The quantitative estimate of drug-likeness (QED) is 0.401. The highest BCUT2D eigenvalue weighted by Gasteiger charge is 2.41. The van der Waals surface area contributed by atoms with Crippen LogP contribution in [0.15, 0.2) is 29.3 Å². The molecule has 0 spiro atoms. The average molecular weight is 407 g/mol. The van der Waals surface area contributed by atoms with Crippen molar-refractivity contribution >= 4 is 35.2 Å². The molecule has 0 aliphatic heterocycles. The molecule has 0 aliphatic rings. The lowest BCUT2D eigenvalue weighted by Gasteiger charge is -2.12. The molecule has 2 heterocycles. The van der Waals surface area contributed by atoms with E-state index in [0.29, 0.717) is 10.6 Å². The first-order valence-electron chi connectivity index (χ1n) is 7.25. The molecule has 0 fully saturated rings. The number of rotatable bonds is 2. The summed E-state index contributed by atoms with van der Waals surface area (Å²) in [5.41, 5.74) is -3.18. The van der Waals surface area contributed by atoms with E-state index in [2.05, 4.69) is 21.8 Å². The third-order valence-corrected chi connectivity index (χ3v) is 3.99. The van der Waals surface area contributed by atoms with Crippen LogP contribution in [0.25, 0.3) is 16.7 Å². The molecule has 0 aliphatic carbocycles. The number of aryl methyl sites for hydroxylation is 1. The van der Waals surface area contributed by atoms with Crippen LogP contribution >= 0.6 is 11.6 Å². The van der Waals surface area contributed by atoms with Gasteiger partial charge in [-0.25, -0.2) is 14.7 Å². The van der Waals surface area contributed by atoms with Gasteiger partial charge in [-0.15, -0.1) is 5.10 Å². The topological polar surface area (TPSA) is 43.1 Å². The minimum atomic E-state index is -5.08. The molecule has 0 unspecified atom stereocenters. The molecule has 0 N–H and O–H groups in total. The fraction of sp³-hybridized carbons (Fsp3) is 0.188. The maximum atomic E-state index is 13.4. The first kappa shape index (κ1) is 19.2. The van der Waals surface area contributed by atoms with Gasteiger partial charge in [0, 0.05) is 5.02 Å². The zero-order valence-corrected chi connectivity index (χ0v) is 14.2. The second-order valence-corrected chi connectivity index (χ2v) is 6.01. The number of benzene rings is 1. The van der Waals surface area contributed by atoms with Crippen LogP contribution in [0.3, 0.4) is 0 Å². The van der Waals surface area contributed by atoms with Gasteiger partial charge >= 0.3 is 12.4 Å². The van der Waals surface area contributed by atoms with Crippen molar-refractivity contribution in [2.45, 2.75) is 19.3 Å². The minimum Gasteiger partial charge on any atom is -0.244 e. The zero-order chi connectivity index (χ0) is 20.1. The smallest absolute Gasteiger partial charge is 0.244 e. The van der Waals surface area contributed by atoms with Gasteiger partial charge in [0.25, 0.3) is 0 Å². The van der Waals surface area contributed by atoms with Gasteiger partial charge in [0.2, 0.25) is 0 Å². The molecule has 0 atom stereocenters. The van der Waals surface area contributed by atoms with Crippen molar-refractivity contribution in [3.05, 3.63) is 46.1 Å². The second-order valence-electron chi connectivity index (χ2n) is 5.57. The first-order valence-corrected chi connectivity index (χ1v) is 7.62. The molecule has 142 valence electrons. The summed E-state index contributed by atoms with van der Waals surface area (Å²) in [5.74, 6) is -0.371. The fourth-order valence-electron chi connectivity index (χ4n) is 2.61. The molecule has 3 aromatic rings. The first-order chi connectivity index (χ1) is 12.4. The summed E-state index contributed by atoms with van der Waals surface area (Å²) in [6, 6.07) is 4.38. The Hall–Kier alpha value is -2.62. The lowest BCUT2D eigenvalue weighted by molar-refractivity contribution is -0.144. The number of nitrogens with zero attached hydrogens (tertiary/aromatic N) is 4. The van der Waals surface area contributed by atoms with E-state index in [0.717, 1.165) is 4.68 Å². The maximum absolute atomic E-state index is 13.4. The van der Waals surface area contributed by atoms with Crippen molar-refractivity contribution in [2.75, 3.05) is 0 Å². The molecular weight excluding hydrogens is 398 g/mol. The van der Waals surface area contributed by atoms with Gasteiger partial charge in [0.15, 0.2) is 11.5 Å². The van der Waals surface area contributed by atoms with Crippen LogP contribution in [0.2, 0.25) is 5.02 Å². The molecule has 0 radical (unpaired) electrons. The predicted molar refractivity (Wildman–Crippen MR) is 87.8 cm³/mol. The van der Waals surface area contributed by atoms with E-state index in [1.165, 1.54) is 18.2 Å². The Kier molecular flexibility index (Phi) is 4.41. The number of alkyl halides is 6.